The van der Waals surface area contributed by atoms with Gasteiger partial charge in [-0.3, -0.25) is 4.79 Å². The fourth-order valence-corrected chi connectivity index (χ4v) is 2.02. The van der Waals surface area contributed by atoms with Crippen molar-refractivity contribution in [3.8, 4) is 0 Å². The highest BCUT2D eigenvalue weighted by Crippen LogP contribution is 2.23. The molecule has 1 amide bonds. The van der Waals surface area contributed by atoms with Gasteiger partial charge in [-0.05, 0) is 32.5 Å². The molecule has 0 unspecified atom stereocenters. The number of amides is 1. The first-order valence-corrected chi connectivity index (χ1v) is 6.11. The lowest BCUT2D eigenvalue weighted by Gasteiger charge is -2.10. The van der Waals surface area contributed by atoms with E-state index in [0.717, 1.165) is 0 Å². The monoisotopic (exact) mass is 256 g/mol. The molecule has 6 heteroatoms. The van der Waals surface area contributed by atoms with Gasteiger partial charge in [-0.15, -0.1) is 11.3 Å². The fourth-order valence-electron chi connectivity index (χ4n) is 1.23. The molecule has 0 saturated heterocycles. The van der Waals surface area contributed by atoms with Crippen LogP contribution in [0.4, 0.5) is 5.00 Å². The lowest BCUT2D eigenvalue weighted by Crippen LogP contribution is -2.27. The van der Waals surface area contributed by atoms with Gasteiger partial charge in [0.25, 0.3) is 0 Å². The molecule has 0 radical (unpaired) electrons. The number of ether oxygens (including phenoxy) is 1. The molecule has 1 aromatic rings. The first kappa shape index (κ1) is 13.7. The molecule has 0 saturated carbocycles. The van der Waals surface area contributed by atoms with E-state index in [9.17, 15) is 9.59 Å². The molecule has 0 spiro atoms. The smallest absolute Gasteiger partial charge is 0.341 e. The molecule has 0 aromatic carbocycles. The second-order valence-corrected chi connectivity index (χ2v) is 4.59. The van der Waals surface area contributed by atoms with Crippen LogP contribution in [0.1, 0.15) is 17.3 Å². The van der Waals surface area contributed by atoms with Crippen molar-refractivity contribution in [2.75, 3.05) is 32.6 Å². The van der Waals surface area contributed by atoms with Crippen LogP contribution < -0.4 is 5.32 Å². The highest BCUT2D eigenvalue weighted by molar-refractivity contribution is 7.14. The SMILES string of the molecule is CCOC(=O)c1ccsc1NC(=O)CN(C)C. The molecule has 94 valence electrons. The fraction of sp³-hybridized carbons (Fsp3) is 0.455. The molecule has 0 bridgehead atoms. The third-order valence-corrected chi connectivity index (χ3v) is 2.70. The Kier molecular flexibility index (Phi) is 5.11. The topological polar surface area (TPSA) is 58.6 Å². The number of carbonyl (C=O) groups excluding carboxylic acids is 2. The highest BCUT2D eigenvalue weighted by atomic mass is 32.1. The van der Waals surface area contributed by atoms with E-state index in [4.69, 9.17) is 4.74 Å². The molecule has 0 fully saturated rings. The molecular weight excluding hydrogens is 240 g/mol. The van der Waals surface area contributed by atoms with Gasteiger partial charge in [0, 0.05) is 0 Å². The van der Waals surface area contributed by atoms with Crippen molar-refractivity contribution in [2.45, 2.75) is 6.92 Å². The summed E-state index contributed by atoms with van der Waals surface area (Å²) in [5.41, 5.74) is 0.406. The van der Waals surface area contributed by atoms with E-state index in [1.54, 1.807) is 37.4 Å². The Morgan fingerprint density at radius 1 is 1.47 bits per heavy atom. The van der Waals surface area contributed by atoms with Crippen molar-refractivity contribution in [1.29, 1.82) is 0 Å². The van der Waals surface area contributed by atoms with Crippen molar-refractivity contribution in [3.05, 3.63) is 17.0 Å². The van der Waals surface area contributed by atoms with Crippen LogP contribution >= 0.6 is 11.3 Å². The second kappa shape index (κ2) is 6.36. The van der Waals surface area contributed by atoms with Crippen LogP contribution in [0.3, 0.4) is 0 Å². The molecule has 0 atom stereocenters. The van der Waals surface area contributed by atoms with Gasteiger partial charge in [0.2, 0.25) is 5.91 Å². The molecular formula is C11H16N2O3S. The first-order valence-electron chi connectivity index (χ1n) is 5.23. The summed E-state index contributed by atoms with van der Waals surface area (Å²) in [6.45, 7) is 2.34. The zero-order valence-corrected chi connectivity index (χ0v) is 11.0. The van der Waals surface area contributed by atoms with Crippen LogP contribution in [0.5, 0.6) is 0 Å². The van der Waals surface area contributed by atoms with Crippen LogP contribution in [-0.2, 0) is 9.53 Å². The van der Waals surface area contributed by atoms with E-state index in [1.165, 1.54) is 11.3 Å². The second-order valence-electron chi connectivity index (χ2n) is 3.67. The van der Waals surface area contributed by atoms with Gasteiger partial charge in [0.15, 0.2) is 0 Å². The van der Waals surface area contributed by atoms with E-state index in [0.29, 0.717) is 17.2 Å². The van der Waals surface area contributed by atoms with E-state index in [-0.39, 0.29) is 12.5 Å². The van der Waals surface area contributed by atoms with Gasteiger partial charge < -0.3 is 15.0 Å². The number of likely N-dealkylation sites (N-methyl/N-ethyl adjacent to an activating group) is 1. The van der Waals surface area contributed by atoms with Crippen molar-refractivity contribution >= 4 is 28.2 Å². The molecule has 0 aliphatic rings. The first-order chi connectivity index (χ1) is 8.04. The molecule has 1 rings (SSSR count). The normalized spacial score (nSPS) is 10.4. The number of nitrogens with zero attached hydrogens (tertiary/aromatic N) is 1. The molecule has 1 aromatic heterocycles. The minimum absolute atomic E-state index is 0.150. The molecule has 0 aliphatic heterocycles. The summed E-state index contributed by atoms with van der Waals surface area (Å²) >= 11 is 1.31. The van der Waals surface area contributed by atoms with Crippen molar-refractivity contribution in [2.24, 2.45) is 0 Å². The Morgan fingerprint density at radius 2 is 2.18 bits per heavy atom. The number of hydrogen-bond acceptors (Lipinski definition) is 5. The number of anilines is 1. The average Bonchev–Trinajstić information content (AvgIpc) is 2.64. The minimum atomic E-state index is -0.408. The van der Waals surface area contributed by atoms with E-state index in [1.807, 2.05) is 0 Å². The average molecular weight is 256 g/mol. The van der Waals surface area contributed by atoms with E-state index in [2.05, 4.69) is 5.32 Å². The Bertz CT molecular complexity index is 401. The Morgan fingerprint density at radius 3 is 2.76 bits per heavy atom. The molecule has 1 heterocycles. The summed E-state index contributed by atoms with van der Waals surface area (Å²) in [4.78, 5) is 24.9. The standard InChI is InChI=1S/C11H16N2O3S/c1-4-16-11(15)8-5-6-17-10(8)12-9(14)7-13(2)3/h5-6H,4,7H2,1-3H3,(H,12,14). The van der Waals surface area contributed by atoms with Gasteiger partial charge in [-0.25, -0.2) is 4.79 Å². The van der Waals surface area contributed by atoms with Crippen molar-refractivity contribution in [1.82, 2.24) is 4.90 Å². The van der Waals surface area contributed by atoms with Crippen molar-refractivity contribution < 1.29 is 14.3 Å². The molecule has 1 N–H and O–H groups in total. The van der Waals surface area contributed by atoms with Gasteiger partial charge in [-0.2, -0.15) is 0 Å². The largest absolute Gasteiger partial charge is 0.462 e. The minimum Gasteiger partial charge on any atom is -0.462 e. The summed E-state index contributed by atoms with van der Waals surface area (Å²) in [7, 11) is 3.61. The molecule has 0 aliphatic carbocycles. The molecule has 5 nitrogen and oxygen atoms in total. The predicted molar refractivity (Wildman–Crippen MR) is 67.5 cm³/mol. The number of esters is 1. The maximum atomic E-state index is 11.6. The third-order valence-electron chi connectivity index (χ3n) is 1.87. The van der Waals surface area contributed by atoms with Gasteiger partial charge in [0.05, 0.1) is 18.7 Å². The number of carbonyl (C=O) groups is 2. The zero-order valence-electron chi connectivity index (χ0n) is 10.1. The quantitative estimate of drug-likeness (QED) is 0.810. The van der Waals surface area contributed by atoms with Crippen LogP contribution in [0.25, 0.3) is 0 Å². The van der Waals surface area contributed by atoms with Crippen molar-refractivity contribution in [3.63, 3.8) is 0 Å². The number of rotatable bonds is 5. The maximum absolute atomic E-state index is 11.6. The third kappa shape index (κ3) is 4.16. The lowest BCUT2D eigenvalue weighted by molar-refractivity contribution is -0.116. The Labute approximate surface area is 104 Å². The summed E-state index contributed by atoms with van der Waals surface area (Å²) < 4.78 is 4.90. The zero-order chi connectivity index (χ0) is 12.8. The summed E-state index contributed by atoms with van der Waals surface area (Å²) in [6.07, 6.45) is 0. The van der Waals surface area contributed by atoms with Gasteiger partial charge >= 0.3 is 5.97 Å². The van der Waals surface area contributed by atoms with Crippen LogP contribution in [-0.4, -0.2) is 44.0 Å². The van der Waals surface area contributed by atoms with Crippen LogP contribution in [0.15, 0.2) is 11.4 Å². The highest BCUT2D eigenvalue weighted by Gasteiger charge is 2.15. The predicted octanol–water partition coefficient (Wildman–Crippen LogP) is 1.42. The summed E-state index contributed by atoms with van der Waals surface area (Å²) in [5, 5.41) is 4.98. The number of nitrogens with one attached hydrogen (secondary N) is 1. The van der Waals surface area contributed by atoms with E-state index >= 15 is 0 Å². The van der Waals surface area contributed by atoms with Crippen LogP contribution in [0.2, 0.25) is 0 Å². The van der Waals surface area contributed by atoms with Crippen LogP contribution in [0, 0.1) is 0 Å². The van der Waals surface area contributed by atoms with Gasteiger partial charge in [0.1, 0.15) is 5.00 Å². The van der Waals surface area contributed by atoms with E-state index < -0.39 is 5.97 Å². The Balaban J connectivity index is 2.69. The summed E-state index contributed by atoms with van der Waals surface area (Å²) in [5.74, 6) is -0.558. The maximum Gasteiger partial charge on any atom is 0.341 e. The lowest BCUT2D eigenvalue weighted by atomic mass is 10.3. The Hall–Kier alpha value is -1.40. The number of thiophene rings is 1. The summed E-state index contributed by atoms with van der Waals surface area (Å²) in [6, 6.07) is 1.65. The van der Waals surface area contributed by atoms with Gasteiger partial charge in [-0.1, -0.05) is 0 Å². The number of hydrogen-bond donors (Lipinski definition) is 1. The molecule has 17 heavy (non-hydrogen) atoms.